The molecule has 0 fully saturated rings. The van der Waals surface area contributed by atoms with E-state index in [-0.39, 0.29) is 5.56 Å². The van der Waals surface area contributed by atoms with E-state index in [9.17, 15) is 9.59 Å². The Morgan fingerprint density at radius 3 is 2.81 bits per heavy atom. The summed E-state index contributed by atoms with van der Waals surface area (Å²) in [5, 5.41) is 4.75. The summed E-state index contributed by atoms with van der Waals surface area (Å²) < 4.78 is 7.93. The first-order chi connectivity index (χ1) is 12.7. The summed E-state index contributed by atoms with van der Waals surface area (Å²) >= 11 is 5.21. The lowest BCUT2D eigenvalue weighted by Crippen LogP contribution is -2.34. The molecule has 0 saturated heterocycles. The molecule has 2 N–H and O–H groups in total. The molecule has 0 aliphatic heterocycles. The highest BCUT2D eigenvalue weighted by atomic mass is 79.9. The van der Waals surface area contributed by atoms with Crippen molar-refractivity contribution < 1.29 is 9.53 Å². The number of amides is 1. The van der Waals surface area contributed by atoms with Crippen molar-refractivity contribution >= 4 is 44.4 Å². The molecule has 3 aromatic heterocycles. The second-order valence-electron chi connectivity index (χ2n) is 7.10. The van der Waals surface area contributed by atoms with Gasteiger partial charge >= 0.3 is 6.09 Å². The molecule has 27 heavy (non-hydrogen) atoms. The molecule has 1 amide bonds. The normalized spacial score (nSPS) is 11.7. The number of rotatable bonds is 4. The van der Waals surface area contributed by atoms with Crippen LogP contribution in [0.2, 0.25) is 0 Å². The maximum Gasteiger partial charge on any atom is 0.407 e. The van der Waals surface area contributed by atoms with E-state index in [0.29, 0.717) is 24.1 Å². The number of halogens is 1. The summed E-state index contributed by atoms with van der Waals surface area (Å²) in [4.78, 5) is 32.4. The first-order valence-electron chi connectivity index (χ1n) is 8.45. The van der Waals surface area contributed by atoms with Crippen LogP contribution in [0.15, 0.2) is 27.0 Å². The Labute approximate surface area is 168 Å². The zero-order valence-electron chi connectivity index (χ0n) is 15.6. The van der Waals surface area contributed by atoms with E-state index in [2.05, 4.69) is 31.2 Å². The summed E-state index contributed by atoms with van der Waals surface area (Å²) in [5.41, 5.74) is 2.28. The molecule has 3 aromatic rings. The Morgan fingerprint density at radius 1 is 1.44 bits per heavy atom. The summed E-state index contributed by atoms with van der Waals surface area (Å²) in [6, 6.07) is 2.03. The minimum absolute atomic E-state index is 0.224. The van der Waals surface area contributed by atoms with Gasteiger partial charge in [0.2, 0.25) is 0 Å². The van der Waals surface area contributed by atoms with E-state index < -0.39 is 11.7 Å². The van der Waals surface area contributed by atoms with Crippen molar-refractivity contribution in [3.8, 4) is 10.6 Å². The van der Waals surface area contributed by atoms with E-state index in [1.807, 2.05) is 43.7 Å². The molecule has 0 saturated carbocycles. The fourth-order valence-electron chi connectivity index (χ4n) is 2.79. The van der Waals surface area contributed by atoms with E-state index >= 15 is 0 Å². The molecule has 0 aliphatic rings. The van der Waals surface area contributed by atoms with E-state index in [0.717, 1.165) is 20.6 Å². The fraction of sp³-hybridized carbons (Fsp3) is 0.389. The molecule has 3 heterocycles. The molecule has 144 valence electrons. The van der Waals surface area contributed by atoms with Gasteiger partial charge in [-0.25, -0.2) is 9.78 Å². The lowest BCUT2D eigenvalue weighted by molar-refractivity contribution is 0.0526. The number of aromatic nitrogens is 3. The van der Waals surface area contributed by atoms with Gasteiger partial charge in [0.15, 0.2) is 0 Å². The maximum atomic E-state index is 12.5. The molecule has 7 nitrogen and oxygen atoms in total. The number of fused-ring (bicyclic) bond motifs is 1. The number of thiophene rings is 1. The lowest BCUT2D eigenvalue weighted by Gasteiger charge is -2.20. The third kappa shape index (κ3) is 4.08. The van der Waals surface area contributed by atoms with Crippen molar-refractivity contribution in [3.63, 3.8) is 0 Å². The molecule has 0 unspecified atom stereocenters. The summed E-state index contributed by atoms with van der Waals surface area (Å²) in [7, 11) is 0. The van der Waals surface area contributed by atoms with Crippen LogP contribution in [0.25, 0.3) is 21.6 Å². The molecule has 9 heteroatoms. The van der Waals surface area contributed by atoms with Gasteiger partial charge < -0.3 is 19.6 Å². The van der Waals surface area contributed by atoms with Gasteiger partial charge in [-0.3, -0.25) is 4.79 Å². The van der Waals surface area contributed by atoms with Crippen molar-refractivity contribution in [2.24, 2.45) is 0 Å². The maximum absolute atomic E-state index is 12.5. The van der Waals surface area contributed by atoms with Gasteiger partial charge in [0.05, 0.1) is 21.4 Å². The van der Waals surface area contributed by atoms with Gasteiger partial charge in [0.25, 0.3) is 5.56 Å². The van der Waals surface area contributed by atoms with Gasteiger partial charge in [0.1, 0.15) is 16.6 Å². The number of nitrogens with one attached hydrogen (secondary N) is 2. The number of hydrogen-bond donors (Lipinski definition) is 2. The first kappa shape index (κ1) is 19.6. The first-order valence-corrected chi connectivity index (χ1v) is 10.1. The zero-order valence-corrected chi connectivity index (χ0v) is 18.0. The third-order valence-electron chi connectivity index (χ3n) is 3.87. The van der Waals surface area contributed by atoms with Crippen LogP contribution < -0.4 is 10.9 Å². The van der Waals surface area contributed by atoms with Crippen molar-refractivity contribution in [2.45, 2.75) is 39.8 Å². The number of hydrogen-bond acceptors (Lipinski definition) is 5. The molecular formula is C18H21BrN4O3S. The standard InChI is InChI=1S/C18H21BrN4O3S/c1-10-5-8-27-15(10)13-11(19)12-14(16(24)22-9-21-12)23(13)7-6-20-17(25)26-18(2,3)4/h5,8-9H,6-7H2,1-4H3,(H,20,25)(H,21,22,24). The van der Waals surface area contributed by atoms with E-state index in [4.69, 9.17) is 4.74 Å². The van der Waals surface area contributed by atoms with Crippen LogP contribution in [-0.2, 0) is 11.3 Å². The van der Waals surface area contributed by atoms with Crippen LogP contribution >= 0.6 is 27.3 Å². The van der Waals surface area contributed by atoms with Gasteiger partial charge in [-0.05, 0) is 60.6 Å². The highest BCUT2D eigenvalue weighted by molar-refractivity contribution is 9.10. The molecule has 0 spiro atoms. The minimum atomic E-state index is -0.562. The fourth-order valence-corrected chi connectivity index (χ4v) is 4.61. The van der Waals surface area contributed by atoms with Crippen LogP contribution in [0.4, 0.5) is 4.79 Å². The summed E-state index contributed by atoms with van der Waals surface area (Å²) in [6.45, 7) is 8.18. The number of aryl methyl sites for hydroxylation is 1. The van der Waals surface area contributed by atoms with Crippen LogP contribution in [-0.4, -0.2) is 32.8 Å². The summed E-state index contributed by atoms with van der Waals surface area (Å²) in [5.74, 6) is 0. The van der Waals surface area contributed by atoms with Crippen LogP contribution in [0.1, 0.15) is 26.3 Å². The summed E-state index contributed by atoms with van der Waals surface area (Å²) in [6.07, 6.45) is 0.906. The molecule has 0 atom stereocenters. The minimum Gasteiger partial charge on any atom is -0.444 e. The Hall–Kier alpha value is -2.13. The van der Waals surface area contributed by atoms with Gasteiger partial charge in [-0.1, -0.05) is 0 Å². The van der Waals surface area contributed by atoms with Crippen LogP contribution in [0.5, 0.6) is 0 Å². The van der Waals surface area contributed by atoms with Crippen molar-refractivity contribution in [3.05, 3.63) is 38.2 Å². The highest BCUT2D eigenvalue weighted by Gasteiger charge is 2.22. The number of alkyl carbamates (subject to hydrolysis) is 1. The van der Waals surface area contributed by atoms with Crippen molar-refractivity contribution in [1.82, 2.24) is 19.9 Å². The average molecular weight is 453 g/mol. The molecule has 3 rings (SSSR count). The van der Waals surface area contributed by atoms with Gasteiger partial charge in [-0.15, -0.1) is 11.3 Å². The number of carbonyl (C=O) groups excluding carboxylic acids is 1. The van der Waals surface area contributed by atoms with Crippen LogP contribution in [0, 0.1) is 6.92 Å². The molecule has 0 bridgehead atoms. The van der Waals surface area contributed by atoms with Crippen molar-refractivity contribution in [1.29, 1.82) is 0 Å². The second kappa shape index (κ2) is 7.47. The molecule has 0 radical (unpaired) electrons. The Morgan fingerprint density at radius 2 is 2.19 bits per heavy atom. The third-order valence-corrected chi connectivity index (χ3v) is 5.64. The Kier molecular flexibility index (Phi) is 5.43. The monoisotopic (exact) mass is 452 g/mol. The van der Waals surface area contributed by atoms with Gasteiger partial charge in [0, 0.05) is 13.1 Å². The lowest BCUT2D eigenvalue weighted by atomic mass is 10.2. The topological polar surface area (TPSA) is 89.0 Å². The number of nitrogens with zero attached hydrogens (tertiary/aromatic N) is 2. The smallest absolute Gasteiger partial charge is 0.407 e. The molecular weight excluding hydrogens is 432 g/mol. The number of H-pyrrole nitrogens is 1. The van der Waals surface area contributed by atoms with E-state index in [1.165, 1.54) is 6.33 Å². The average Bonchev–Trinajstić information content (AvgIpc) is 3.08. The SMILES string of the molecule is Cc1ccsc1-c1c(Br)c2nc[nH]c(=O)c2n1CCNC(=O)OC(C)(C)C. The number of aromatic amines is 1. The second-order valence-corrected chi connectivity index (χ2v) is 8.81. The quantitative estimate of drug-likeness (QED) is 0.624. The number of ether oxygens (including phenoxy) is 1. The zero-order chi connectivity index (χ0) is 19.8. The van der Waals surface area contributed by atoms with Crippen LogP contribution in [0.3, 0.4) is 0 Å². The van der Waals surface area contributed by atoms with Gasteiger partial charge in [-0.2, -0.15) is 0 Å². The van der Waals surface area contributed by atoms with E-state index in [1.54, 1.807) is 11.3 Å². The Balaban J connectivity index is 1.97. The highest BCUT2D eigenvalue weighted by Crippen LogP contribution is 2.39. The largest absolute Gasteiger partial charge is 0.444 e. The number of carbonyl (C=O) groups is 1. The van der Waals surface area contributed by atoms with Crippen molar-refractivity contribution in [2.75, 3.05) is 6.54 Å². The molecule has 0 aliphatic carbocycles. The molecule has 0 aromatic carbocycles. The Bertz CT molecular complexity index is 1050. The predicted octanol–water partition coefficient (Wildman–Crippen LogP) is 4.05. The predicted molar refractivity (Wildman–Crippen MR) is 110 cm³/mol.